The summed E-state index contributed by atoms with van der Waals surface area (Å²) in [4.78, 5) is 4.11. The second-order valence-electron chi connectivity index (χ2n) is 3.64. The van der Waals surface area contributed by atoms with Crippen molar-refractivity contribution in [3.8, 4) is 0 Å². The minimum atomic E-state index is -0.0687. The molecule has 0 atom stereocenters. The standard InChI is InChI=1S/C10H15NO3/c12-7-9-6-11-10(14-9)5-8-1-3-13-4-2-8/h6,8,12H,1-5,7H2. The lowest BCUT2D eigenvalue weighted by Crippen LogP contribution is -2.17. The molecule has 1 aliphatic rings. The van der Waals surface area contributed by atoms with Crippen LogP contribution >= 0.6 is 0 Å². The number of aromatic nitrogens is 1. The molecule has 1 N–H and O–H groups in total. The number of hydrogen-bond donors (Lipinski definition) is 1. The van der Waals surface area contributed by atoms with Gasteiger partial charge in [0.05, 0.1) is 6.20 Å². The van der Waals surface area contributed by atoms with Crippen LogP contribution in [0.25, 0.3) is 0 Å². The highest BCUT2D eigenvalue weighted by molar-refractivity contribution is 4.93. The molecule has 1 saturated heterocycles. The highest BCUT2D eigenvalue weighted by atomic mass is 16.5. The lowest BCUT2D eigenvalue weighted by atomic mass is 9.97. The number of oxazole rings is 1. The first kappa shape index (κ1) is 9.68. The van der Waals surface area contributed by atoms with Crippen LogP contribution in [-0.2, 0) is 17.8 Å². The summed E-state index contributed by atoms with van der Waals surface area (Å²) >= 11 is 0. The first-order valence-electron chi connectivity index (χ1n) is 5.00. The fourth-order valence-corrected chi connectivity index (χ4v) is 1.71. The molecule has 0 spiro atoms. The zero-order chi connectivity index (χ0) is 9.80. The first-order valence-corrected chi connectivity index (χ1v) is 5.00. The second kappa shape index (κ2) is 4.57. The molecule has 4 heteroatoms. The molecular formula is C10H15NO3. The zero-order valence-electron chi connectivity index (χ0n) is 8.11. The van der Waals surface area contributed by atoms with Crippen molar-refractivity contribution in [3.63, 3.8) is 0 Å². The summed E-state index contributed by atoms with van der Waals surface area (Å²) in [5, 5.41) is 8.80. The molecule has 4 nitrogen and oxygen atoms in total. The van der Waals surface area contributed by atoms with Crippen molar-refractivity contribution >= 4 is 0 Å². The van der Waals surface area contributed by atoms with E-state index in [2.05, 4.69) is 4.98 Å². The highest BCUT2D eigenvalue weighted by Gasteiger charge is 2.16. The molecular weight excluding hydrogens is 182 g/mol. The fourth-order valence-electron chi connectivity index (χ4n) is 1.71. The van der Waals surface area contributed by atoms with Crippen molar-refractivity contribution in [2.75, 3.05) is 13.2 Å². The topological polar surface area (TPSA) is 55.5 Å². The Kier molecular flexibility index (Phi) is 3.16. The minimum absolute atomic E-state index is 0.0687. The molecule has 0 aliphatic carbocycles. The summed E-state index contributed by atoms with van der Waals surface area (Å²) in [6, 6.07) is 0. The van der Waals surface area contributed by atoms with Crippen molar-refractivity contribution in [1.82, 2.24) is 4.98 Å². The average molecular weight is 197 g/mol. The van der Waals surface area contributed by atoms with Crippen LogP contribution in [0.2, 0.25) is 0 Å². The Bertz CT molecular complexity index is 279. The largest absolute Gasteiger partial charge is 0.443 e. The van der Waals surface area contributed by atoms with Gasteiger partial charge in [0.2, 0.25) is 0 Å². The number of hydrogen-bond acceptors (Lipinski definition) is 4. The maximum absolute atomic E-state index is 8.80. The van der Waals surface area contributed by atoms with Gasteiger partial charge in [0.25, 0.3) is 0 Å². The monoisotopic (exact) mass is 197 g/mol. The number of rotatable bonds is 3. The van der Waals surface area contributed by atoms with Crippen LogP contribution in [0.4, 0.5) is 0 Å². The van der Waals surface area contributed by atoms with E-state index in [9.17, 15) is 0 Å². The van der Waals surface area contributed by atoms with Gasteiger partial charge in [-0.1, -0.05) is 0 Å². The van der Waals surface area contributed by atoms with Crippen LogP contribution < -0.4 is 0 Å². The van der Waals surface area contributed by atoms with E-state index in [1.165, 1.54) is 0 Å². The maximum atomic E-state index is 8.80. The minimum Gasteiger partial charge on any atom is -0.443 e. The third kappa shape index (κ3) is 2.33. The summed E-state index contributed by atoms with van der Waals surface area (Å²) in [6.07, 6.45) is 4.62. The molecule has 0 bridgehead atoms. The normalized spacial score (nSPS) is 18.6. The summed E-state index contributed by atoms with van der Waals surface area (Å²) in [5.74, 6) is 1.90. The van der Waals surface area contributed by atoms with Gasteiger partial charge in [0.1, 0.15) is 12.4 Å². The van der Waals surface area contributed by atoms with Crippen LogP contribution in [0, 0.1) is 5.92 Å². The molecule has 0 amide bonds. The van der Waals surface area contributed by atoms with Crippen molar-refractivity contribution in [2.24, 2.45) is 5.92 Å². The Labute approximate surface area is 82.9 Å². The van der Waals surface area contributed by atoms with Crippen LogP contribution in [0.5, 0.6) is 0 Å². The molecule has 2 rings (SSSR count). The summed E-state index contributed by atoms with van der Waals surface area (Å²) in [6.45, 7) is 1.62. The molecule has 1 aromatic rings. The third-order valence-electron chi connectivity index (χ3n) is 2.56. The van der Waals surface area contributed by atoms with Gasteiger partial charge < -0.3 is 14.3 Å². The van der Waals surface area contributed by atoms with E-state index in [0.717, 1.165) is 38.4 Å². The van der Waals surface area contributed by atoms with Gasteiger partial charge in [-0.15, -0.1) is 0 Å². The average Bonchev–Trinajstić information content (AvgIpc) is 2.67. The van der Waals surface area contributed by atoms with Gasteiger partial charge in [0, 0.05) is 19.6 Å². The Morgan fingerprint density at radius 1 is 1.43 bits per heavy atom. The molecule has 2 heterocycles. The second-order valence-corrected chi connectivity index (χ2v) is 3.64. The Morgan fingerprint density at radius 3 is 2.86 bits per heavy atom. The summed E-state index contributed by atoms with van der Waals surface area (Å²) in [5.41, 5.74) is 0. The van der Waals surface area contributed by atoms with E-state index in [-0.39, 0.29) is 6.61 Å². The summed E-state index contributed by atoms with van der Waals surface area (Å²) < 4.78 is 10.6. The van der Waals surface area contributed by atoms with Crippen molar-refractivity contribution in [3.05, 3.63) is 17.8 Å². The summed E-state index contributed by atoms with van der Waals surface area (Å²) in [7, 11) is 0. The molecule has 0 unspecified atom stereocenters. The van der Waals surface area contributed by atoms with E-state index in [1.54, 1.807) is 6.20 Å². The third-order valence-corrected chi connectivity index (χ3v) is 2.56. The fraction of sp³-hybridized carbons (Fsp3) is 0.700. The number of aliphatic hydroxyl groups excluding tert-OH is 1. The molecule has 1 aliphatic heterocycles. The van der Waals surface area contributed by atoms with E-state index < -0.39 is 0 Å². The Morgan fingerprint density at radius 2 is 2.21 bits per heavy atom. The lowest BCUT2D eigenvalue weighted by molar-refractivity contribution is 0.0644. The highest BCUT2D eigenvalue weighted by Crippen LogP contribution is 2.19. The quantitative estimate of drug-likeness (QED) is 0.789. The van der Waals surface area contributed by atoms with Crippen LogP contribution in [-0.4, -0.2) is 23.3 Å². The van der Waals surface area contributed by atoms with Gasteiger partial charge >= 0.3 is 0 Å². The smallest absolute Gasteiger partial charge is 0.194 e. The van der Waals surface area contributed by atoms with E-state index >= 15 is 0 Å². The Balaban J connectivity index is 1.89. The van der Waals surface area contributed by atoms with Gasteiger partial charge in [0.15, 0.2) is 5.89 Å². The van der Waals surface area contributed by atoms with Crippen molar-refractivity contribution in [2.45, 2.75) is 25.9 Å². The van der Waals surface area contributed by atoms with E-state index in [1.807, 2.05) is 0 Å². The van der Waals surface area contributed by atoms with E-state index in [4.69, 9.17) is 14.3 Å². The van der Waals surface area contributed by atoms with Crippen LogP contribution in [0.15, 0.2) is 10.6 Å². The number of nitrogens with zero attached hydrogens (tertiary/aromatic N) is 1. The number of aliphatic hydroxyl groups is 1. The molecule has 0 saturated carbocycles. The van der Waals surface area contributed by atoms with Crippen molar-refractivity contribution in [1.29, 1.82) is 0 Å². The first-order chi connectivity index (χ1) is 6.88. The predicted octanol–water partition coefficient (Wildman–Crippen LogP) is 1.14. The zero-order valence-corrected chi connectivity index (χ0v) is 8.11. The van der Waals surface area contributed by atoms with Gasteiger partial charge in [-0.2, -0.15) is 0 Å². The Hall–Kier alpha value is -0.870. The van der Waals surface area contributed by atoms with E-state index in [0.29, 0.717) is 11.7 Å². The predicted molar refractivity (Wildman–Crippen MR) is 49.7 cm³/mol. The van der Waals surface area contributed by atoms with Gasteiger partial charge in [-0.3, -0.25) is 0 Å². The molecule has 14 heavy (non-hydrogen) atoms. The van der Waals surface area contributed by atoms with Crippen LogP contribution in [0.1, 0.15) is 24.5 Å². The maximum Gasteiger partial charge on any atom is 0.194 e. The molecule has 1 aromatic heterocycles. The SMILES string of the molecule is OCc1cnc(CC2CCOCC2)o1. The molecule has 0 radical (unpaired) electrons. The van der Waals surface area contributed by atoms with Gasteiger partial charge in [-0.25, -0.2) is 4.98 Å². The van der Waals surface area contributed by atoms with Gasteiger partial charge in [-0.05, 0) is 18.8 Å². The van der Waals surface area contributed by atoms with Crippen LogP contribution in [0.3, 0.4) is 0 Å². The molecule has 78 valence electrons. The molecule has 1 fully saturated rings. The lowest BCUT2D eigenvalue weighted by Gasteiger charge is -2.20. The number of ether oxygens (including phenoxy) is 1. The molecule has 0 aromatic carbocycles. The van der Waals surface area contributed by atoms with Crippen molar-refractivity contribution < 1.29 is 14.3 Å².